The van der Waals surface area contributed by atoms with E-state index < -0.39 is 0 Å². The molecular formula is C30H34N2O. The second-order valence-corrected chi connectivity index (χ2v) is 8.76. The second-order valence-electron chi connectivity index (χ2n) is 8.76. The smallest absolute Gasteiger partial charge is 0.118 e. The SMILES string of the molecule is COc1ccc(CN2CCCCNC[C@H](c3ccc(C#Cc4ccccc4)cc3)CC2)cc1. The molecule has 1 fully saturated rings. The normalized spacial score (nSPS) is 17.5. The molecule has 33 heavy (non-hydrogen) atoms. The van der Waals surface area contributed by atoms with Crippen molar-refractivity contribution in [3.8, 4) is 17.6 Å². The Morgan fingerprint density at radius 3 is 2.30 bits per heavy atom. The maximum absolute atomic E-state index is 5.31. The number of nitrogens with zero attached hydrogens (tertiary/aromatic N) is 1. The molecule has 0 bridgehead atoms. The maximum atomic E-state index is 5.31. The third-order valence-corrected chi connectivity index (χ3v) is 6.33. The summed E-state index contributed by atoms with van der Waals surface area (Å²) in [6.07, 6.45) is 3.61. The predicted molar refractivity (Wildman–Crippen MR) is 137 cm³/mol. The number of nitrogens with one attached hydrogen (secondary N) is 1. The highest BCUT2D eigenvalue weighted by molar-refractivity contribution is 5.43. The van der Waals surface area contributed by atoms with Crippen LogP contribution in [0.15, 0.2) is 78.9 Å². The zero-order valence-electron chi connectivity index (χ0n) is 19.6. The topological polar surface area (TPSA) is 24.5 Å². The Kier molecular flexibility index (Phi) is 8.58. The molecule has 3 nitrogen and oxygen atoms in total. The fourth-order valence-electron chi connectivity index (χ4n) is 4.35. The van der Waals surface area contributed by atoms with Crippen LogP contribution in [0.1, 0.15) is 47.4 Å². The van der Waals surface area contributed by atoms with Gasteiger partial charge in [-0.3, -0.25) is 4.90 Å². The van der Waals surface area contributed by atoms with Crippen molar-refractivity contribution in [3.05, 3.63) is 101 Å². The predicted octanol–water partition coefficient (Wildman–Crippen LogP) is 5.45. The minimum absolute atomic E-state index is 0.512. The molecule has 170 valence electrons. The van der Waals surface area contributed by atoms with Crippen molar-refractivity contribution in [2.45, 2.75) is 31.7 Å². The molecule has 1 saturated heterocycles. The molecule has 0 radical (unpaired) electrons. The van der Waals surface area contributed by atoms with Gasteiger partial charge in [-0.1, -0.05) is 54.3 Å². The lowest BCUT2D eigenvalue weighted by atomic mass is 9.94. The van der Waals surface area contributed by atoms with Gasteiger partial charge in [0.05, 0.1) is 7.11 Å². The average Bonchev–Trinajstić information content (AvgIpc) is 2.88. The molecule has 0 aromatic heterocycles. The monoisotopic (exact) mass is 438 g/mol. The molecule has 1 atom stereocenters. The van der Waals surface area contributed by atoms with E-state index in [1.165, 1.54) is 24.0 Å². The van der Waals surface area contributed by atoms with Crippen molar-refractivity contribution >= 4 is 0 Å². The van der Waals surface area contributed by atoms with E-state index in [9.17, 15) is 0 Å². The van der Waals surface area contributed by atoms with Crippen LogP contribution in [-0.4, -0.2) is 38.2 Å². The zero-order valence-corrected chi connectivity index (χ0v) is 19.6. The summed E-state index contributed by atoms with van der Waals surface area (Å²) in [4.78, 5) is 2.61. The summed E-state index contributed by atoms with van der Waals surface area (Å²) in [6, 6.07) is 27.5. The molecule has 4 rings (SSSR count). The van der Waals surface area contributed by atoms with E-state index in [0.717, 1.165) is 56.0 Å². The summed E-state index contributed by atoms with van der Waals surface area (Å²) in [7, 11) is 1.72. The number of hydrogen-bond acceptors (Lipinski definition) is 3. The zero-order chi connectivity index (χ0) is 22.7. The summed E-state index contributed by atoms with van der Waals surface area (Å²) in [5, 5.41) is 3.68. The van der Waals surface area contributed by atoms with Crippen molar-refractivity contribution in [1.29, 1.82) is 0 Å². The molecule has 1 aliphatic heterocycles. The van der Waals surface area contributed by atoms with Gasteiger partial charge in [0.2, 0.25) is 0 Å². The van der Waals surface area contributed by atoms with Crippen molar-refractivity contribution in [3.63, 3.8) is 0 Å². The molecule has 3 aromatic carbocycles. The van der Waals surface area contributed by atoms with Gasteiger partial charge in [-0.25, -0.2) is 0 Å². The first kappa shape index (κ1) is 23.1. The van der Waals surface area contributed by atoms with Crippen LogP contribution in [0.3, 0.4) is 0 Å². The first-order valence-electron chi connectivity index (χ1n) is 12.0. The van der Waals surface area contributed by atoms with E-state index in [-0.39, 0.29) is 0 Å². The van der Waals surface area contributed by atoms with E-state index >= 15 is 0 Å². The molecule has 0 amide bonds. The largest absolute Gasteiger partial charge is 0.497 e. The van der Waals surface area contributed by atoms with E-state index in [4.69, 9.17) is 4.74 Å². The Balaban J connectivity index is 1.40. The van der Waals surface area contributed by atoms with E-state index in [1.807, 2.05) is 30.3 Å². The maximum Gasteiger partial charge on any atom is 0.118 e. The standard InChI is InChI=1S/C30H34N2O/c1-33-30-17-13-27(14-18-30)24-32-21-6-5-20-31-23-29(19-22-32)28-15-11-26(12-16-28)10-9-25-7-3-2-4-8-25/h2-4,7-8,11-18,29,31H,5-6,19-24H2,1H3/t29-/m1/s1. The van der Waals surface area contributed by atoms with Gasteiger partial charge in [0.1, 0.15) is 5.75 Å². The number of hydrogen-bond donors (Lipinski definition) is 1. The molecule has 1 aliphatic rings. The van der Waals surface area contributed by atoms with Crippen LogP contribution in [-0.2, 0) is 6.54 Å². The molecule has 0 saturated carbocycles. The fraction of sp³-hybridized carbons (Fsp3) is 0.333. The lowest BCUT2D eigenvalue weighted by molar-refractivity contribution is 0.242. The molecule has 0 unspecified atom stereocenters. The Labute approximate surface area is 198 Å². The molecule has 3 heteroatoms. The summed E-state index contributed by atoms with van der Waals surface area (Å²) >= 11 is 0. The van der Waals surface area contributed by atoms with Crippen molar-refractivity contribution < 1.29 is 4.74 Å². The Morgan fingerprint density at radius 1 is 0.848 bits per heavy atom. The van der Waals surface area contributed by atoms with Gasteiger partial charge in [-0.05, 0) is 92.3 Å². The lowest BCUT2D eigenvalue weighted by Crippen LogP contribution is -2.32. The van der Waals surface area contributed by atoms with Gasteiger partial charge in [0, 0.05) is 24.2 Å². The van der Waals surface area contributed by atoms with E-state index in [2.05, 4.69) is 70.6 Å². The number of ether oxygens (including phenoxy) is 1. The molecule has 0 aliphatic carbocycles. The Morgan fingerprint density at radius 2 is 1.58 bits per heavy atom. The van der Waals surface area contributed by atoms with Crippen LogP contribution in [0.4, 0.5) is 0 Å². The Bertz CT molecular complexity index is 1030. The van der Waals surface area contributed by atoms with Crippen LogP contribution in [0.25, 0.3) is 0 Å². The van der Waals surface area contributed by atoms with Gasteiger partial charge >= 0.3 is 0 Å². The number of rotatable bonds is 4. The highest BCUT2D eigenvalue weighted by Crippen LogP contribution is 2.22. The van der Waals surface area contributed by atoms with Crippen molar-refractivity contribution in [1.82, 2.24) is 10.2 Å². The molecule has 1 heterocycles. The average molecular weight is 439 g/mol. The summed E-state index contributed by atoms with van der Waals surface area (Å²) < 4.78 is 5.31. The third-order valence-electron chi connectivity index (χ3n) is 6.33. The van der Waals surface area contributed by atoms with Crippen LogP contribution >= 0.6 is 0 Å². The van der Waals surface area contributed by atoms with Gasteiger partial charge in [-0.15, -0.1) is 0 Å². The Hall–Kier alpha value is -3.06. The van der Waals surface area contributed by atoms with E-state index in [1.54, 1.807) is 7.11 Å². The van der Waals surface area contributed by atoms with Gasteiger partial charge in [0.25, 0.3) is 0 Å². The summed E-state index contributed by atoms with van der Waals surface area (Å²) in [6.45, 7) is 5.37. The molecule has 0 spiro atoms. The van der Waals surface area contributed by atoms with E-state index in [0.29, 0.717) is 5.92 Å². The first-order chi connectivity index (χ1) is 16.3. The van der Waals surface area contributed by atoms with Gasteiger partial charge in [0.15, 0.2) is 0 Å². The quantitative estimate of drug-likeness (QED) is 0.548. The molecular weight excluding hydrogens is 404 g/mol. The molecule has 1 N–H and O–H groups in total. The van der Waals surface area contributed by atoms with Crippen molar-refractivity contribution in [2.75, 3.05) is 33.3 Å². The van der Waals surface area contributed by atoms with Gasteiger partial charge < -0.3 is 10.1 Å². The number of methoxy groups -OCH3 is 1. The van der Waals surface area contributed by atoms with Gasteiger partial charge in [-0.2, -0.15) is 0 Å². The highest BCUT2D eigenvalue weighted by atomic mass is 16.5. The minimum atomic E-state index is 0.512. The number of benzene rings is 3. The van der Waals surface area contributed by atoms with Crippen LogP contribution in [0.5, 0.6) is 5.75 Å². The first-order valence-corrected chi connectivity index (χ1v) is 12.0. The summed E-state index contributed by atoms with van der Waals surface area (Å²) in [5.41, 5.74) is 4.87. The molecule has 3 aromatic rings. The van der Waals surface area contributed by atoms with Crippen molar-refractivity contribution in [2.24, 2.45) is 0 Å². The van der Waals surface area contributed by atoms with Crippen LogP contribution in [0.2, 0.25) is 0 Å². The summed E-state index contributed by atoms with van der Waals surface area (Å²) in [5.74, 6) is 7.97. The minimum Gasteiger partial charge on any atom is -0.497 e. The second kappa shape index (κ2) is 12.3. The lowest BCUT2D eigenvalue weighted by Gasteiger charge is -2.27. The highest BCUT2D eigenvalue weighted by Gasteiger charge is 2.16. The van der Waals surface area contributed by atoms with Crippen LogP contribution in [0, 0.1) is 11.8 Å². The third kappa shape index (κ3) is 7.22. The fourth-order valence-corrected chi connectivity index (χ4v) is 4.35. The van der Waals surface area contributed by atoms with Crippen LogP contribution < -0.4 is 10.1 Å².